The van der Waals surface area contributed by atoms with Crippen LogP contribution in [0.1, 0.15) is 36.1 Å². The Labute approximate surface area is 275 Å². The Hall–Kier alpha value is -4.95. The Bertz CT molecular complexity index is 1760. The number of hydrogen-bond acceptors (Lipinski definition) is 10. The molecular formula is C36H40N8O3. The molecule has 3 aliphatic heterocycles. The number of likely N-dealkylation sites (N-methyl/N-ethyl adjacent to an activating group) is 1. The van der Waals surface area contributed by atoms with Crippen LogP contribution in [0.3, 0.4) is 0 Å². The summed E-state index contributed by atoms with van der Waals surface area (Å²) in [5.74, 6) is 0.837. The summed E-state index contributed by atoms with van der Waals surface area (Å²) in [5, 5.41) is 12.0. The normalized spacial score (nSPS) is 19.8. The van der Waals surface area contributed by atoms with Crippen molar-refractivity contribution >= 4 is 28.4 Å². The summed E-state index contributed by atoms with van der Waals surface area (Å²) in [6.07, 6.45) is 6.56. The lowest BCUT2D eigenvalue weighted by Gasteiger charge is -2.42. The Kier molecular flexibility index (Phi) is 9.02. The first-order chi connectivity index (χ1) is 23.1. The number of amides is 1. The number of carbonyl (C=O) groups excluding carboxylic acids is 1. The monoisotopic (exact) mass is 632 g/mol. The van der Waals surface area contributed by atoms with Gasteiger partial charge in [-0.25, -0.2) is 4.79 Å². The van der Waals surface area contributed by atoms with Gasteiger partial charge in [-0.2, -0.15) is 15.2 Å². The molecule has 2 unspecified atom stereocenters. The zero-order valence-corrected chi connectivity index (χ0v) is 26.8. The maximum absolute atomic E-state index is 13.2. The van der Waals surface area contributed by atoms with Gasteiger partial charge < -0.3 is 29.1 Å². The minimum Gasteiger partial charge on any atom is -0.462 e. The fourth-order valence-corrected chi connectivity index (χ4v) is 7.02. The number of benzene rings is 2. The molecule has 11 heteroatoms. The number of anilines is 2. The second kappa shape index (κ2) is 13.8. The minimum atomic E-state index is -0.400. The molecule has 11 nitrogen and oxygen atoms in total. The standard InChI is InChI=1S/C36H40N8O3/c1-41-17-6-10-29(41)25-46-35-39-32-23-42(33-11-5-9-27-13-16-38-21-31(27)33)18-14-30(32)34(40-35)43-19-20-44(28(22-43)12-15-37)36(45)47-24-26-7-3-2-4-8-26/h2-5,7-9,11,13,16,21,28-29H,6,10,12,14,17-20,22-25H2,1H3. The van der Waals surface area contributed by atoms with Gasteiger partial charge in [0.25, 0.3) is 0 Å². The number of hydrogen-bond donors (Lipinski definition) is 0. The van der Waals surface area contributed by atoms with Crippen LogP contribution in [0.2, 0.25) is 0 Å². The van der Waals surface area contributed by atoms with E-state index in [2.05, 4.69) is 51.0 Å². The highest BCUT2D eigenvalue weighted by Gasteiger charge is 2.35. The van der Waals surface area contributed by atoms with Crippen molar-refractivity contribution in [2.75, 3.05) is 56.2 Å². The fraction of sp³-hybridized carbons (Fsp3) is 0.417. The molecule has 0 aliphatic carbocycles. The number of fused-ring (bicyclic) bond motifs is 2. The molecule has 2 aromatic heterocycles. The highest BCUT2D eigenvalue weighted by atomic mass is 16.6. The van der Waals surface area contributed by atoms with E-state index >= 15 is 0 Å². The van der Waals surface area contributed by atoms with Crippen LogP contribution in [-0.2, 0) is 24.3 Å². The fourth-order valence-electron chi connectivity index (χ4n) is 7.02. The van der Waals surface area contributed by atoms with Crippen LogP contribution < -0.4 is 14.5 Å². The molecule has 0 radical (unpaired) electrons. The molecular weight excluding hydrogens is 592 g/mol. The molecule has 0 bridgehead atoms. The van der Waals surface area contributed by atoms with Crippen LogP contribution in [0.25, 0.3) is 10.8 Å². The third-order valence-corrected chi connectivity index (χ3v) is 9.65. The van der Waals surface area contributed by atoms with Crippen LogP contribution in [0.5, 0.6) is 6.01 Å². The van der Waals surface area contributed by atoms with Crippen LogP contribution >= 0.6 is 0 Å². The van der Waals surface area contributed by atoms with E-state index in [1.165, 1.54) is 0 Å². The molecule has 2 aromatic carbocycles. The number of carbonyl (C=O) groups is 1. The van der Waals surface area contributed by atoms with Gasteiger partial charge in [0.05, 0.1) is 30.8 Å². The van der Waals surface area contributed by atoms with Crippen molar-refractivity contribution in [3.8, 4) is 12.1 Å². The average Bonchev–Trinajstić information content (AvgIpc) is 3.53. The average molecular weight is 633 g/mol. The van der Waals surface area contributed by atoms with Gasteiger partial charge in [0, 0.05) is 61.3 Å². The van der Waals surface area contributed by atoms with Gasteiger partial charge in [0.15, 0.2) is 0 Å². The Balaban J connectivity index is 1.15. The highest BCUT2D eigenvalue weighted by Crippen LogP contribution is 2.35. The number of nitriles is 1. The largest absolute Gasteiger partial charge is 0.462 e. The predicted molar refractivity (Wildman–Crippen MR) is 179 cm³/mol. The third kappa shape index (κ3) is 6.65. The zero-order chi connectivity index (χ0) is 32.2. The first kappa shape index (κ1) is 30.7. The lowest BCUT2D eigenvalue weighted by atomic mass is 10.0. The SMILES string of the molecule is CN1CCCC1COc1nc2c(c(N3CCN(C(=O)OCc4ccccc4)C(CC#N)C3)n1)CCN(c1cccc3ccncc13)C2. The van der Waals surface area contributed by atoms with Crippen molar-refractivity contribution in [2.24, 2.45) is 0 Å². The van der Waals surface area contributed by atoms with Gasteiger partial charge in [-0.15, -0.1) is 0 Å². The van der Waals surface area contributed by atoms with Gasteiger partial charge >= 0.3 is 12.1 Å². The molecule has 2 saturated heterocycles. The van der Waals surface area contributed by atoms with E-state index < -0.39 is 6.09 Å². The molecule has 0 N–H and O–H groups in total. The summed E-state index contributed by atoms with van der Waals surface area (Å²) in [6.45, 7) is 4.68. The van der Waals surface area contributed by atoms with Crippen molar-refractivity contribution in [3.05, 3.63) is 83.8 Å². The summed E-state index contributed by atoms with van der Waals surface area (Å²) in [5.41, 5.74) is 4.10. The maximum Gasteiger partial charge on any atom is 0.410 e. The molecule has 2 atom stereocenters. The third-order valence-electron chi connectivity index (χ3n) is 9.65. The van der Waals surface area contributed by atoms with Crippen molar-refractivity contribution in [2.45, 2.75) is 50.9 Å². The van der Waals surface area contributed by atoms with E-state index in [-0.39, 0.29) is 19.1 Å². The lowest BCUT2D eigenvalue weighted by molar-refractivity contribution is 0.0767. The van der Waals surface area contributed by atoms with Crippen LogP contribution in [0.4, 0.5) is 16.3 Å². The number of nitrogens with zero attached hydrogens (tertiary/aromatic N) is 8. The molecule has 5 heterocycles. The second-order valence-corrected chi connectivity index (χ2v) is 12.6. The van der Waals surface area contributed by atoms with Crippen LogP contribution in [0, 0.1) is 11.3 Å². The number of ether oxygens (including phenoxy) is 2. The van der Waals surface area contributed by atoms with E-state index in [4.69, 9.17) is 19.4 Å². The first-order valence-corrected chi connectivity index (χ1v) is 16.5. The number of rotatable bonds is 8. The molecule has 4 aromatic rings. The molecule has 1 amide bonds. The van der Waals surface area contributed by atoms with E-state index in [0.29, 0.717) is 44.8 Å². The van der Waals surface area contributed by atoms with Crippen LogP contribution in [0.15, 0.2) is 67.0 Å². The zero-order valence-electron chi connectivity index (χ0n) is 26.8. The van der Waals surface area contributed by atoms with E-state index in [1.807, 2.05) is 48.8 Å². The minimum absolute atomic E-state index is 0.193. The van der Waals surface area contributed by atoms with Crippen molar-refractivity contribution < 1.29 is 14.3 Å². The Morgan fingerprint density at radius 1 is 1.00 bits per heavy atom. The van der Waals surface area contributed by atoms with Crippen molar-refractivity contribution in [1.82, 2.24) is 24.8 Å². The molecule has 0 spiro atoms. The second-order valence-electron chi connectivity index (χ2n) is 12.6. The Morgan fingerprint density at radius 2 is 1.89 bits per heavy atom. The topological polar surface area (TPSA) is 111 Å². The van der Waals surface area contributed by atoms with E-state index in [1.54, 1.807) is 4.90 Å². The van der Waals surface area contributed by atoms with Crippen LogP contribution in [-0.4, -0.2) is 89.3 Å². The summed E-state index contributed by atoms with van der Waals surface area (Å²) in [4.78, 5) is 36.2. The van der Waals surface area contributed by atoms with Gasteiger partial charge in [-0.3, -0.25) is 4.98 Å². The molecule has 3 aliphatic rings. The van der Waals surface area contributed by atoms with E-state index in [9.17, 15) is 10.1 Å². The Morgan fingerprint density at radius 3 is 2.72 bits per heavy atom. The molecule has 47 heavy (non-hydrogen) atoms. The van der Waals surface area contributed by atoms with Gasteiger partial charge in [0.2, 0.25) is 0 Å². The molecule has 242 valence electrons. The smallest absolute Gasteiger partial charge is 0.410 e. The number of piperazine rings is 1. The molecule has 7 rings (SSSR count). The lowest BCUT2D eigenvalue weighted by Crippen LogP contribution is -2.55. The summed E-state index contributed by atoms with van der Waals surface area (Å²) in [6, 6.07) is 20.7. The van der Waals surface area contributed by atoms with Crippen molar-refractivity contribution in [3.63, 3.8) is 0 Å². The predicted octanol–water partition coefficient (Wildman–Crippen LogP) is 4.80. The molecule has 0 saturated carbocycles. The number of aromatic nitrogens is 3. The first-order valence-electron chi connectivity index (χ1n) is 16.5. The highest BCUT2D eigenvalue weighted by molar-refractivity contribution is 5.93. The van der Waals surface area contributed by atoms with Gasteiger partial charge in [-0.1, -0.05) is 42.5 Å². The van der Waals surface area contributed by atoms with Crippen molar-refractivity contribution in [1.29, 1.82) is 5.26 Å². The number of pyridine rings is 1. The summed E-state index contributed by atoms with van der Waals surface area (Å²) >= 11 is 0. The molecule has 2 fully saturated rings. The van der Waals surface area contributed by atoms with Gasteiger partial charge in [0.1, 0.15) is 19.0 Å². The maximum atomic E-state index is 13.2. The van der Waals surface area contributed by atoms with E-state index in [0.717, 1.165) is 71.5 Å². The van der Waals surface area contributed by atoms with Gasteiger partial charge in [-0.05, 0) is 55.9 Å². The summed E-state index contributed by atoms with van der Waals surface area (Å²) < 4.78 is 12.0. The quantitative estimate of drug-likeness (QED) is 0.269. The number of likely N-dealkylation sites (tertiary alicyclic amines) is 1. The summed E-state index contributed by atoms with van der Waals surface area (Å²) in [7, 11) is 2.14.